The summed E-state index contributed by atoms with van der Waals surface area (Å²) < 4.78 is 26.7. The number of allylic oxidation sites excluding steroid dienone is 1. The monoisotopic (exact) mass is 537 g/mol. The number of hydrogen-bond donors (Lipinski definition) is 1. The molecule has 2 fully saturated rings. The number of furan rings is 1. The van der Waals surface area contributed by atoms with E-state index < -0.39 is 58.5 Å². The predicted molar refractivity (Wildman–Crippen MR) is 135 cm³/mol. The summed E-state index contributed by atoms with van der Waals surface area (Å²) in [5.41, 5.74) is 5.78. The molecule has 2 N–H and O–H groups in total. The van der Waals surface area contributed by atoms with Gasteiger partial charge < -0.3 is 29.1 Å². The van der Waals surface area contributed by atoms with Crippen molar-refractivity contribution < 1.29 is 42.5 Å². The van der Waals surface area contributed by atoms with E-state index in [9.17, 15) is 19.2 Å². The molecule has 0 unspecified atom stereocenters. The van der Waals surface area contributed by atoms with Crippen LogP contribution in [0.2, 0.25) is 0 Å². The lowest BCUT2D eigenvalue weighted by Crippen LogP contribution is -2.69. The number of ether oxygens (including phenoxy) is 4. The van der Waals surface area contributed by atoms with E-state index in [1.165, 1.54) is 38.9 Å². The number of benzene rings is 1. The SMILES string of the molecule is COC(=O)C[C@@H]1C=C(OC(=O)c2cccc(OC)c2)C(=O)[C@@H]2[C@@]3(C)C[C@@H](c4ccoc4)OC(=O)[C@@H]3CC[C@]21N. The van der Waals surface area contributed by atoms with Gasteiger partial charge in [0.25, 0.3) is 0 Å². The van der Waals surface area contributed by atoms with Gasteiger partial charge in [-0.2, -0.15) is 0 Å². The van der Waals surface area contributed by atoms with E-state index in [0.29, 0.717) is 30.6 Å². The van der Waals surface area contributed by atoms with E-state index in [1.54, 1.807) is 24.3 Å². The third-order valence-electron chi connectivity index (χ3n) is 8.61. The van der Waals surface area contributed by atoms with Gasteiger partial charge in [-0.25, -0.2) is 4.79 Å². The molecule has 0 amide bonds. The maximum atomic E-state index is 14.2. The van der Waals surface area contributed by atoms with Gasteiger partial charge in [-0.3, -0.25) is 14.4 Å². The van der Waals surface area contributed by atoms with Crippen LogP contribution in [0.25, 0.3) is 0 Å². The molecule has 0 radical (unpaired) electrons. The summed E-state index contributed by atoms with van der Waals surface area (Å²) >= 11 is 0. The summed E-state index contributed by atoms with van der Waals surface area (Å²) in [6.45, 7) is 1.86. The number of Topliss-reactive ketones (excluding diaryl/α,β-unsaturated/α-hetero) is 1. The average Bonchev–Trinajstić information content (AvgIpc) is 3.46. The first-order valence-corrected chi connectivity index (χ1v) is 12.8. The number of carbonyl (C=O) groups excluding carboxylic acids is 4. The topological polar surface area (TPSA) is 144 Å². The van der Waals surface area contributed by atoms with Gasteiger partial charge in [0.2, 0.25) is 5.78 Å². The number of esters is 3. The molecule has 1 saturated heterocycles. The highest BCUT2D eigenvalue weighted by molar-refractivity contribution is 6.02. The smallest absolute Gasteiger partial charge is 0.343 e. The average molecular weight is 538 g/mol. The Morgan fingerprint density at radius 1 is 1.18 bits per heavy atom. The fraction of sp³-hybridized carbons (Fsp3) is 0.448. The summed E-state index contributed by atoms with van der Waals surface area (Å²) in [5, 5.41) is 0. The van der Waals surface area contributed by atoms with Gasteiger partial charge in [-0.15, -0.1) is 0 Å². The zero-order valence-electron chi connectivity index (χ0n) is 22.0. The van der Waals surface area contributed by atoms with Crippen LogP contribution in [0, 0.1) is 23.2 Å². The Labute approximate surface area is 225 Å². The van der Waals surface area contributed by atoms with Crippen LogP contribution in [-0.4, -0.2) is 43.4 Å². The van der Waals surface area contributed by atoms with Crippen molar-refractivity contribution in [1.29, 1.82) is 0 Å². The molecule has 1 aromatic carbocycles. The van der Waals surface area contributed by atoms with Crippen molar-refractivity contribution in [1.82, 2.24) is 0 Å². The van der Waals surface area contributed by atoms with E-state index in [4.69, 9.17) is 29.1 Å². The van der Waals surface area contributed by atoms with Crippen LogP contribution in [-0.2, 0) is 28.6 Å². The van der Waals surface area contributed by atoms with Crippen LogP contribution in [0.15, 0.2) is 59.1 Å². The minimum absolute atomic E-state index is 0.118. The summed E-state index contributed by atoms with van der Waals surface area (Å²) in [4.78, 5) is 52.9. The Morgan fingerprint density at radius 3 is 2.67 bits per heavy atom. The normalized spacial score (nSPS) is 31.7. The minimum Gasteiger partial charge on any atom is -0.497 e. The number of fused-ring (bicyclic) bond motifs is 3. The zero-order valence-corrected chi connectivity index (χ0v) is 22.0. The molecular formula is C29H31NO9. The maximum Gasteiger partial charge on any atom is 0.343 e. The third kappa shape index (κ3) is 4.52. The largest absolute Gasteiger partial charge is 0.497 e. The van der Waals surface area contributed by atoms with E-state index in [-0.39, 0.29) is 17.7 Å². The third-order valence-corrected chi connectivity index (χ3v) is 8.61. The van der Waals surface area contributed by atoms with Crippen LogP contribution in [0.1, 0.15) is 54.6 Å². The van der Waals surface area contributed by atoms with Crippen molar-refractivity contribution in [3.05, 3.63) is 65.8 Å². The van der Waals surface area contributed by atoms with Crippen molar-refractivity contribution in [3.8, 4) is 5.75 Å². The molecule has 1 aromatic heterocycles. The highest BCUT2D eigenvalue weighted by Gasteiger charge is 2.66. The highest BCUT2D eigenvalue weighted by Crippen LogP contribution is 2.61. The summed E-state index contributed by atoms with van der Waals surface area (Å²) in [5.74, 6) is -4.14. The first-order chi connectivity index (χ1) is 18.6. The van der Waals surface area contributed by atoms with Crippen molar-refractivity contribution in [2.24, 2.45) is 28.9 Å². The molecule has 6 atom stereocenters. The van der Waals surface area contributed by atoms with Crippen LogP contribution < -0.4 is 10.5 Å². The van der Waals surface area contributed by atoms with Gasteiger partial charge in [-0.05, 0) is 55.0 Å². The molecule has 10 nitrogen and oxygen atoms in total. The fourth-order valence-electron chi connectivity index (χ4n) is 6.65. The molecule has 5 rings (SSSR count). The highest BCUT2D eigenvalue weighted by atomic mass is 16.6. The quantitative estimate of drug-likeness (QED) is 0.429. The molecule has 1 aliphatic heterocycles. The van der Waals surface area contributed by atoms with E-state index in [1.807, 2.05) is 6.92 Å². The van der Waals surface area contributed by atoms with E-state index >= 15 is 0 Å². The van der Waals surface area contributed by atoms with Crippen molar-refractivity contribution in [2.75, 3.05) is 14.2 Å². The molecule has 2 heterocycles. The van der Waals surface area contributed by atoms with E-state index in [0.717, 1.165) is 0 Å². The first kappa shape index (κ1) is 26.7. The number of ketones is 1. The van der Waals surface area contributed by atoms with Crippen molar-refractivity contribution in [2.45, 2.75) is 44.2 Å². The Morgan fingerprint density at radius 2 is 1.97 bits per heavy atom. The van der Waals surface area contributed by atoms with Crippen LogP contribution in [0.4, 0.5) is 0 Å². The second kappa shape index (κ2) is 10.00. The zero-order chi connectivity index (χ0) is 27.9. The van der Waals surface area contributed by atoms with Gasteiger partial charge in [0.1, 0.15) is 11.9 Å². The Bertz CT molecular complexity index is 1330. The Balaban J connectivity index is 1.55. The first-order valence-electron chi connectivity index (χ1n) is 12.8. The van der Waals surface area contributed by atoms with Gasteiger partial charge in [0.05, 0.1) is 50.6 Å². The van der Waals surface area contributed by atoms with E-state index in [2.05, 4.69) is 0 Å². The van der Waals surface area contributed by atoms with Crippen LogP contribution in [0.3, 0.4) is 0 Å². The van der Waals surface area contributed by atoms with Gasteiger partial charge in [0, 0.05) is 17.0 Å². The van der Waals surface area contributed by atoms with Crippen molar-refractivity contribution in [3.63, 3.8) is 0 Å². The lowest BCUT2D eigenvalue weighted by Gasteiger charge is -2.59. The molecule has 2 aliphatic carbocycles. The number of hydrogen-bond acceptors (Lipinski definition) is 10. The minimum atomic E-state index is -1.18. The summed E-state index contributed by atoms with van der Waals surface area (Å²) in [6, 6.07) is 8.07. The lowest BCUT2D eigenvalue weighted by atomic mass is 9.47. The van der Waals surface area contributed by atoms with Gasteiger partial charge in [-0.1, -0.05) is 13.0 Å². The Kier molecular flexibility index (Phi) is 6.84. The molecule has 39 heavy (non-hydrogen) atoms. The predicted octanol–water partition coefficient (Wildman–Crippen LogP) is 3.51. The number of methoxy groups -OCH3 is 2. The second-order valence-electron chi connectivity index (χ2n) is 10.7. The number of rotatable bonds is 6. The van der Waals surface area contributed by atoms with Crippen LogP contribution in [0.5, 0.6) is 5.75 Å². The second-order valence-corrected chi connectivity index (χ2v) is 10.7. The standard InChI is InChI=1S/C29H31NO9/c1-28-14-22(17-8-10-37-15-17)39-27(34)20(28)7-9-29(30)18(13-23(31)36-3)12-21(24(32)25(28)29)38-26(33)16-5-4-6-19(11-16)35-2/h4-6,8,10-12,15,18,20,22,25H,7,9,13-14,30H2,1-3H3/t18-,20-,22-,25+,28-,29+/m0/s1. The lowest BCUT2D eigenvalue weighted by molar-refractivity contribution is -0.190. The van der Waals surface area contributed by atoms with Crippen molar-refractivity contribution >= 4 is 23.7 Å². The van der Waals surface area contributed by atoms with Crippen LogP contribution >= 0.6 is 0 Å². The molecule has 0 spiro atoms. The summed E-state index contributed by atoms with van der Waals surface area (Å²) in [7, 11) is 2.75. The molecule has 1 saturated carbocycles. The number of nitrogens with two attached hydrogens (primary N) is 1. The van der Waals surface area contributed by atoms with Gasteiger partial charge in [0.15, 0.2) is 5.76 Å². The summed E-state index contributed by atoms with van der Waals surface area (Å²) in [6.07, 6.45) is 4.69. The molecule has 2 aromatic rings. The molecule has 3 aliphatic rings. The number of carbonyl (C=O) groups is 4. The molecular weight excluding hydrogens is 506 g/mol. The molecule has 10 heteroatoms. The Hall–Kier alpha value is -3.92. The maximum absolute atomic E-state index is 14.2. The van der Waals surface area contributed by atoms with Gasteiger partial charge >= 0.3 is 17.9 Å². The number of cyclic esters (lactones) is 1. The fourth-order valence-corrected chi connectivity index (χ4v) is 6.65. The molecule has 0 bridgehead atoms. The molecule has 206 valence electrons.